The van der Waals surface area contributed by atoms with Gasteiger partial charge in [0.05, 0.1) is 0 Å². The lowest BCUT2D eigenvalue weighted by Gasteiger charge is -2.11. The Balaban J connectivity index is 1.67. The smallest absolute Gasteiger partial charge is 0.0404 e. The highest BCUT2D eigenvalue weighted by atomic mass is 14.9. The van der Waals surface area contributed by atoms with Crippen molar-refractivity contribution >= 4 is 17.1 Å². The molecule has 0 spiro atoms. The monoisotopic (exact) mass is 316 g/mol. The first kappa shape index (κ1) is 16.1. The van der Waals surface area contributed by atoms with Crippen LogP contribution in [0.2, 0.25) is 0 Å². The molecule has 0 radical (unpaired) electrons. The molecule has 24 heavy (non-hydrogen) atoms. The number of anilines is 3. The van der Waals surface area contributed by atoms with E-state index in [0.717, 1.165) is 23.6 Å². The van der Waals surface area contributed by atoms with Crippen molar-refractivity contribution in [1.29, 1.82) is 0 Å². The second-order valence-corrected chi connectivity index (χ2v) is 5.93. The molecule has 2 N–H and O–H groups in total. The minimum atomic E-state index is 1.02. The van der Waals surface area contributed by atoms with Crippen LogP contribution in [-0.2, 0) is 0 Å². The highest BCUT2D eigenvalue weighted by Gasteiger charge is 1.99. The highest BCUT2D eigenvalue weighted by molar-refractivity contribution is 5.69. The van der Waals surface area contributed by atoms with Crippen LogP contribution in [0.3, 0.4) is 0 Å². The molecule has 0 saturated heterocycles. The van der Waals surface area contributed by atoms with Crippen LogP contribution >= 0.6 is 0 Å². The largest absolute Gasteiger partial charge is 0.385 e. The fourth-order valence-corrected chi connectivity index (χ4v) is 2.66. The molecule has 0 fully saturated rings. The summed E-state index contributed by atoms with van der Waals surface area (Å²) in [4.78, 5) is 0. The van der Waals surface area contributed by atoms with Crippen molar-refractivity contribution in [3.8, 4) is 11.1 Å². The van der Waals surface area contributed by atoms with Gasteiger partial charge >= 0.3 is 0 Å². The molecule has 0 aliphatic heterocycles. The van der Waals surface area contributed by atoms with E-state index in [1.54, 1.807) is 0 Å². The van der Waals surface area contributed by atoms with E-state index >= 15 is 0 Å². The average molecular weight is 316 g/mol. The molecule has 0 heterocycles. The Bertz CT molecular complexity index is 748. The fourth-order valence-electron chi connectivity index (χ4n) is 2.66. The Hall–Kier alpha value is -2.74. The van der Waals surface area contributed by atoms with Crippen molar-refractivity contribution in [2.75, 3.05) is 17.2 Å². The molecular weight excluding hydrogens is 292 g/mol. The van der Waals surface area contributed by atoms with Gasteiger partial charge in [-0.25, -0.2) is 0 Å². The molecule has 3 aromatic carbocycles. The molecule has 0 amide bonds. The molecule has 122 valence electrons. The van der Waals surface area contributed by atoms with E-state index in [-0.39, 0.29) is 0 Å². The van der Waals surface area contributed by atoms with E-state index in [2.05, 4.69) is 90.4 Å². The zero-order chi connectivity index (χ0) is 16.6. The second kappa shape index (κ2) is 8.21. The fraction of sp³-hybridized carbons (Fsp3) is 0.182. The highest BCUT2D eigenvalue weighted by Crippen LogP contribution is 2.24. The van der Waals surface area contributed by atoms with Crippen molar-refractivity contribution in [3.63, 3.8) is 0 Å². The Morgan fingerprint density at radius 2 is 1.38 bits per heavy atom. The maximum atomic E-state index is 3.47. The first-order valence-corrected chi connectivity index (χ1v) is 8.61. The van der Waals surface area contributed by atoms with Crippen LogP contribution in [0.5, 0.6) is 0 Å². The molecule has 2 heteroatoms. The Labute approximate surface area is 144 Å². The van der Waals surface area contributed by atoms with Gasteiger partial charge < -0.3 is 10.6 Å². The predicted octanol–water partition coefficient (Wildman–Crippen LogP) is 6.31. The quantitative estimate of drug-likeness (QED) is 0.499. The first-order chi connectivity index (χ1) is 11.8. The number of nitrogens with one attached hydrogen (secondary N) is 2. The Kier molecular flexibility index (Phi) is 5.52. The van der Waals surface area contributed by atoms with Crippen molar-refractivity contribution in [2.24, 2.45) is 0 Å². The SMILES string of the molecule is CCCCNc1cccc(Nc2ccc(-c3ccccc3)cc2)c1. The molecule has 0 unspecified atom stereocenters. The van der Waals surface area contributed by atoms with Gasteiger partial charge in [0, 0.05) is 23.6 Å². The molecule has 0 aliphatic carbocycles. The number of hydrogen-bond acceptors (Lipinski definition) is 2. The molecule has 2 nitrogen and oxygen atoms in total. The van der Waals surface area contributed by atoms with Gasteiger partial charge in [-0.2, -0.15) is 0 Å². The maximum Gasteiger partial charge on any atom is 0.0404 e. The zero-order valence-electron chi connectivity index (χ0n) is 14.1. The van der Waals surface area contributed by atoms with Crippen molar-refractivity contribution in [2.45, 2.75) is 19.8 Å². The van der Waals surface area contributed by atoms with Crippen LogP contribution in [0.4, 0.5) is 17.1 Å². The molecule has 0 bridgehead atoms. The molecular formula is C22H24N2. The third-order valence-electron chi connectivity index (χ3n) is 4.00. The van der Waals surface area contributed by atoms with Gasteiger partial charge in [-0.1, -0.05) is 61.9 Å². The maximum absolute atomic E-state index is 3.47. The lowest BCUT2D eigenvalue weighted by atomic mass is 10.1. The van der Waals surface area contributed by atoms with Gasteiger partial charge in [0.15, 0.2) is 0 Å². The summed E-state index contributed by atoms with van der Waals surface area (Å²) in [5.41, 5.74) is 5.83. The van der Waals surface area contributed by atoms with E-state index in [9.17, 15) is 0 Å². The van der Waals surface area contributed by atoms with Gasteiger partial charge in [-0.3, -0.25) is 0 Å². The third-order valence-corrected chi connectivity index (χ3v) is 4.00. The average Bonchev–Trinajstić information content (AvgIpc) is 2.64. The van der Waals surface area contributed by atoms with Crippen LogP contribution < -0.4 is 10.6 Å². The van der Waals surface area contributed by atoms with Crippen molar-refractivity contribution < 1.29 is 0 Å². The summed E-state index contributed by atoms with van der Waals surface area (Å²) in [5.74, 6) is 0. The lowest BCUT2D eigenvalue weighted by Crippen LogP contribution is -2.01. The van der Waals surface area contributed by atoms with Gasteiger partial charge in [-0.15, -0.1) is 0 Å². The second-order valence-electron chi connectivity index (χ2n) is 5.93. The topological polar surface area (TPSA) is 24.1 Å². The van der Waals surface area contributed by atoms with E-state index < -0.39 is 0 Å². The molecule has 3 rings (SSSR count). The molecule has 0 saturated carbocycles. The summed E-state index contributed by atoms with van der Waals surface area (Å²) < 4.78 is 0. The lowest BCUT2D eigenvalue weighted by molar-refractivity contribution is 0.834. The van der Waals surface area contributed by atoms with Gasteiger partial charge in [0.1, 0.15) is 0 Å². The first-order valence-electron chi connectivity index (χ1n) is 8.61. The van der Waals surface area contributed by atoms with E-state index in [4.69, 9.17) is 0 Å². The van der Waals surface area contributed by atoms with Gasteiger partial charge in [0.25, 0.3) is 0 Å². The van der Waals surface area contributed by atoms with E-state index in [1.165, 1.54) is 24.0 Å². The number of hydrogen-bond donors (Lipinski definition) is 2. The van der Waals surface area contributed by atoms with Crippen molar-refractivity contribution in [3.05, 3.63) is 78.9 Å². The molecule has 0 atom stereocenters. The summed E-state index contributed by atoms with van der Waals surface area (Å²) in [6.45, 7) is 3.23. The molecule has 0 aromatic heterocycles. The van der Waals surface area contributed by atoms with Gasteiger partial charge in [0.2, 0.25) is 0 Å². The van der Waals surface area contributed by atoms with E-state index in [1.807, 2.05) is 6.07 Å². The standard InChI is InChI=1S/C22H24N2/c1-2-3-16-23-21-10-7-11-22(17-21)24-20-14-12-19(13-15-20)18-8-5-4-6-9-18/h4-15,17,23-24H,2-3,16H2,1H3. The van der Waals surface area contributed by atoms with Crippen LogP contribution in [0.25, 0.3) is 11.1 Å². The molecule has 3 aromatic rings. The third kappa shape index (κ3) is 4.39. The van der Waals surface area contributed by atoms with Crippen LogP contribution in [0.15, 0.2) is 78.9 Å². The number of benzene rings is 3. The Morgan fingerprint density at radius 1 is 0.667 bits per heavy atom. The summed E-state index contributed by atoms with van der Waals surface area (Å²) >= 11 is 0. The molecule has 0 aliphatic rings. The summed E-state index contributed by atoms with van der Waals surface area (Å²) in [5, 5.41) is 6.94. The number of rotatable bonds is 7. The minimum absolute atomic E-state index is 1.02. The normalized spacial score (nSPS) is 10.4. The van der Waals surface area contributed by atoms with Crippen LogP contribution in [0, 0.1) is 0 Å². The Morgan fingerprint density at radius 3 is 2.12 bits per heavy atom. The minimum Gasteiger partial charge on any atom is -0.385 e. The van der Waals surface area contributed by atoms with Crippen LogP contribution in [-0.4, -0.2) is 6.54 Å². The van der Waals surface area contributed by atoms with Crippen molar-refractivity contribution in [1.82, 2.24) is 0 Å². The summed E-state index contributed by atoms with van der Waals surface area (Å²) in [6, 6.07) is 27.4. The summed E-state index contributed by atoms with van der Waals surface area (Å²) in [6.07, 6.45) is 2.40. The summed E-state index contributed by atoms with van der Waals surface area (Å²) in [7, 11) is 0. The zero-order valence-corrected chi connectivity index (χ0v) is 14.1. The predicted molar refractivity (Wildman–Crippen MR) is 105 cm³/mol. The van der Waals surface area contributed by atoms with Gasteiger partial charge in [-0.05, 0) is 47.9 Å². The number of unbranched alkanes of at least 4 members (excludes halogenated alkanes) is 1. The van der Waals surface area contributed by atoms with Crippen LogP contribution in [0.1, 0.15) is 19.8 Å². The van der Waals surface area contributed by atoms with E-state index in [0.29, 0.717) is 0 Å².